The first kappa shape index (κ1) is 16.3. The summed E-state index contributed by atoms with van der Waals surface area (Å²) in [4.78, 5) is 13.4. The molecule has 1 atom stereocenters. The summed E-state index contributed by atoms with van der Waals surface area (Å²) in [5, 5.41) is 2.95. The Kier molecular flexibility index (Phi) is 5.78. The van der Waals surface area contributed by atoms with E-state index in [1.165, 1.54) is 12.1 Å². The summed E-state index contributed by atoms with van der Waals surface area (Å²) in [7, 11) is 0. The van der Waals surface area contributed by atoms with Gasteiger partial charge < -0.3 is 5.32 Å². The third-order valence-electron chi connectivity index (χ3n) is 3.21. The normalized spacial score (nSPS) is 11.7. The van der Waals surface area contributed by atoms with Crippen molar-refractivity contribution in [1.82, 2.24) is 5.32 Å². The van der Waals surface area contributed by atoms with Crippen molar-refractivity contribution in [2.24, 2.45) is 0 Å². The number of amides is 1. The number of hydrogen-bond donors (Lipinski definition) is 1. The van der Waals surface area contributed by atoms with Gasteiger partial charge in [-0.15, -0.1) is 18.3 Å². The Balaban J connectivity index is 2.11. The highest BCUT2D eigenvalue weighted by atomic mass is 32.2. The molecule has 0 aliphatic carbocycles. The van der Waals surface area contributed by atoms with E-state index in [0.29, 0.717) is 5.56 Å². The van der Waals surface area contributed by atoms with Crippen molar-refractivity contribution in [3.63, 3.8) is 0 Å². The number of halogens is 1. The molecule has 4 heteroatoms. The first-order valence-electron chi connectivity index (χ1n) is 7.01. The van der Waals surface area contributed by atoms with Crippen LogP contribution in [-0.4, -0.2) is 11.7 Å². The van der Waals surface area contributed by atoms with Crippen molar-refractivity contribution in [3.05, 3.63) is 78.1 Å². The van der Waals surface area contributed by atoms with Crippen LogP contribution in [0.2, 0.25) is 0 Å². The lowest BCUT2D eigenvalue weighted by molar-refractivity contribution is 0.0937. The maximum Gasteiger partial charge on any atom is 0.252 e. The highest BCUT2D eigenvalue weighted by Crippen LogP contribution is 2.23. The van der Waals surface area contributed by atoms with Gasteiger partial charge in [-0.3, -0.25) is 4.79 Å². The molecule has 0 bridgehead atoms. The Morgan fingerprint density at radius 3 is 2.64 bits per heavy atom. The van der Waals surface area contributed by atoms with Gasteiger partial charge in [-0.1, -0.05) is 30.3 Å². The zero-order chi connectivity index (χ0) is 15.9. The molecule has 0 heterocycles. The number of nitrogens with one attached hydrogen (secondary N) is 1. The predicted octanol–water partition coefficient (Wildman–Crippen LogP) is 4.59. The fraction of sp³-hybridized carbons (Fsp3) is 0.167. The van der Waals surface area contributed by atoms with Crippen molar-refractivity contribution in [3.8, 4) is 0 Å². The molecule has 1 N–H and O–H groups in total. The molecule has 0 fully saturated rings. The van der Waals surface area contributed by atoms with E-state index in [1.807, 2.05) is 25.1 Å². The summed E-state index contributed by atoms with van der Waals surface area (Å²) >= 11 is 1.57. The molecule has 2 aromatic rings. The van der Waals surface area contributed by atoms with Crippen LogP contribution in [0.15, 0.2) is 66.1 Å². The monoisotopic (exact) mass is 315 g/mol. The Morgan fingerprint density at radius 1 is 1.27 bits per heavy atom. The molecule has 0 spiro atoms. The molecule has 2 rings (SSSR count). The van der Waals surface area contributed by atoms with Crippen LogP contribution in [0.3, 0.4) is 0 Å². The van der Waals surface area contributed by atoms with E-state index < -0.39 is 0 Å². The molecule has 0 radical (unpaired) electrons. The van der Waals surface area contributed by atoms with Crippen LogP contribution in [0.5, 0.6) is 0 Å². The zero-order valence-corrected chi connectivity index (χ0v) is 13.2. The van der Waals surface area contributed by atoms with Crippen molar-refractivity contribution in [2.75, 3.05) is 5.75 Å². The minimum atomic E-state index is -0.284. The number of rotatable bonds is 6. The van der Waals surface area contributed by atoms with Gasteiger partial charge in [-0.2, -0.15) is 0 Å². The van der Waals surface area contributed by atoms with Crippen LogP contribution in [0, 0.1) is 5.82 Å². The van der Waals surface area contributed by atoms with Crippen molar-refractivity contribution in [1.29, 1.82) is 0 Å². The molecule has 2 aromatic carbocycles. The average Bonchev–Trinajstić information content (AvgIpc) is 2.53. The molecule has 22 heavy (non-hydrogen) atoms. The molecular formula is C18H18FNOS. The molecule has 0 saturated heterocycles. The van der Waals surface area contributed by atoms with E-state index in [4.69, 9.17) is 0 Å². The smallest absolute Gasteiger partial charge is 0.252 e. The quantitative estimate of drug-likeness (QED) is 0.624. The molecule has 1 unspecified atom stereocenters. The molecule has 114 valence electrons. The molecule has 0 aliphatic heterocycles. The number of hydrogen-bond acceptors (Lipinski definition) is 2. The van der Waals surface area contributed by atoms with Gasteiger partial charge in [0.1, 0.15) is 5.82 Å². The van der Waals surface area contributed by atoms with Gasteiger partial charge in [-0.05, 0) is 36.8 Å². The summed E-state index contributed by atoms with van der Waals surface area (Å²) in [6.45, 7) is 5.57. The highest BCUT2D eigenvalue weighted by Gasteiger charge is 2.14. The summed E-state index contributed by atoms with van der Waals surface area (Å²) in [5.74, 6) is 0.329. The fourth-order valence-corrected chi connectivity index (χ4v) is 2.83. The van der Waals surface area contributed by atoms with Crippen molar-refractivity contribution in [2.45, 2.75) is 17.9 Å². The van der Waals surface area contributed by atoms with E-state index in [9.17, 15) is 9.18 Å². The van der Waals surface area contributed by atoms with E-state index >= 15 is 0 Å². The van der Waals surface area contributed by atoms with Crippen molar-refractivity contribution < 1.29 is 9.18 Å². The third-order valence-corrected chi connectivity index (χ3v) is 4.28. The fourth-order valence-electron chi connectivity index (χ4n) is 2.04. The summed E-state index contributed by atoms with van der Waals surface area (Å²) in [6, 6.07) is 13.4. The molecule has 0 aliphatic rings. The molecule has 0 aromatic heterocycles. The summed E-state index contributed by atoms with van der Waals surface area (Å²) in [6.07, 6.45) is 1.81. The van der Waals surface area contributed by atoms with Gasteiger partial charge in [0.25, 0.3) is 5.91 Å². The van der Waals surface area contributed by atoms with Crippen LogP contribution < -0.4 is 5.32 Å². The average molecular weight is 315 g/mol. The highest BCUT2D eigenvalue weighted by molar-refractivity contribution is 7.99. The SMILES string of the molecule is C=CCSc1ccccc1C(=O)NC(C)c1ccc(F)cc1. The van der Waals surface area contributed by atoms with Crippen LogP contribution >= 0.6 is 11.8 Å². The predicted molar refractivity (Wildman–Crippen MR) is 89.6 cm³/mol. The standard InChI is InChI=1S/C18H18FNOS/c1-3-12-22-17-7-5-4-6-16(17)18(21)20-13(2)14-8-10-15(19)11-9-14/h3-11,13H,1,12H2,2H3,(H,20,21). The second-order valence-corrected chi connectivity index (χ2v) is 5.90. The van der Waals surface area contributed by atoms with Gasteiger partial charge in [0.05, 0.1) is 11.6 Å². The van der Waals surface area contributed by atoms with E-state index in [2.05, 4.69) is 11.9 Å². The molecule has 1 amide bonds. The van der Waals surface area contributed by atoms with E-state index in [1.54, 1.807) is 36.0 Å². The number of thioether (sulfide) groups is 1. The lowest BCUT2D eigenvalue weighted by atomic mass is 10.1. The van der Waals surface area contributed by atoms with Crippen LogP contribution in [0.4, 0.5) is 4.39 Å². The van der Waals surface area contributed by atoms with Crippen LogP contribution in [-0.2, 0) is 0 Å². The molecule has 0 saturated carbocycles. The second kappa shape index (κ2) is 7.80. The van der Waals surface area contributed by atoms with Gasteiger partial charge >= 0.3 is 0 Å². The Hall–Kier alpha value is -2.07. The zero-order valence-electron chi connectivity index (χ0n) is 12.4. The van der Waals surface area contributed by atoms with Crippen LogP contribution in [0.1, 0.15) is 28.9 Å². The first-order valence-corrected chi connectivity index (χ1v) is 7.99. The van der Waals surface area contributed by atoms with Crippen molar-refractivity contribution >= 4 is 17.7 Å². The number of carbonyl (C=O) groups excluding carboxylic acids is 1. The van der Waals surface area contributed by atoms with Crippen LogP contribution in [0.25, 0.3) is 0 Å². The van der Waals surface area contributed by atoms with Gasteiger partial charge in [0.15, 0.2) is 0 Å². The topological polar surface area (TPSA) is 29.1 Å². The number of benzene rings is 2. The van der Waals surface area contributed by atoms with Gasteiger partial charge in [-0.25, -0.2) is 4.39 Å². The van der Waals surface area contributed by atoms with Gasteiger partial charge in [0, 0.05) is 10.6 Å². The minimum Gasteiger partial charge on any atom is -0.345 e. The largest absolute Gasteiger partial charge is 0.345 e. The molecule has 2 nitrogen and oxygen atoms in total. The Bertz CT molecular complexity index is 654. The first-order chi connectivity index (χ1) is 10.6. The van der Waals surface area contributed by atoms with E-state index in [-0.39, 0.29) is 17.8 Å². The number of carbonyl (C=O) groups is 1. The second-order valence-electron chi connectivity index (χ2n) is 4.84. The minimum absolute atomic E-state index is 0.135. The Morgan fingerprint density at radius 2 is 1.95 bits per heavy atom. The lowest BCUT2D eigenvalue weighted by Crippen LogP contribution is -2.27. The van der Waals surface area contributed by atoms with E-state index in [0.717, 1.165) is 16.2 Å². The maximum absolute atomic E-state index is 13.0. The Labute approximate surface area is 134 Å². The van der Waals surface area contributed by atoms with Gasteiger partial charge in [0.2, 0.25) is 0 Å². The summed E-state index contributed by atoms with van der Waals surface area (Å²) in [5.41, 5.74) is 1.51. The third kappa shape index (κ3) is 4.21. The maximum atomic E-state index is 13.0. The summed E-state index contributed by atoms with van der Waals surface area (Å²) < 4.78 is 13.0. The molecular weight excluding hydrogens is 297 g/mol. The lowest BCUT2D eigenvalue weighted by Gasteiger charge is -2.16.